The normalized spacial score (nSPS) is 11.2. The molecule has 1 aromatic carbocycles. The van der Waals surface area contributed by atoms with Crippen molar-refractivity contribution in [3.8, 4) is 5.75 Å². The smallest absolute Gasteiger partial charge is 0.548 e. The first-order valence-electron chi connectivity index (χ1n) is 5.86. The number of hydrogen-bond donors (Lipinski definition) is 2. The summed E-state index contributed by atoms with van der Waals surface area (Å²) in [6.45, 7) is 3.37. The molecule has 2 N–H and O–H groups in total. The molecule has 1 rings (SSSR count). The standard InChI is InChI=1S/C13H18N2O4.K/c1-8(2)11(12(16)17)15-13(18)14-9-5-4-6-10(7-9)19-3;/h4-8,11H,1-3H3,(H,16,17)(H2,14,15,18);/q;+1/p-1. The Kier molecular flexibility index (Phi) is 9.07. The Morgan fingerprint density at radius 1 is 1.30 bits per heavy atom. The molecule has 0 aliphatic rings. The zero-order valence-electron chi connectivity index (χ0n) is 12.1. The number of benzene rings is 1. The van der Waals surface area contributed by atoms with Gasteiger partial charge in [-0.25, -0.2) is 4.79 Å². The quantitative estimate of drug-likeness (QED) is 0.593. The fourth-order valence-corrected chi connectivity index (χ4v) is 1.51. The van der Waals surface area contributed by atoms with Crippen LogP contribution in [0.4, 0.5) is 10.5 Å². The maximum Gasteiger partial charge on any atom is 1.00 e. The molecule has 1 atom stereocenters. The van der Waals surface area contributed by atoms with Crippen LogP contribution in [0, 0.1) is 5.92 Å². The molecular weight excluding hydrogens is 287 g/mol. The second-order valence-electron chi connectivity index (χ2n) is 4.37. The number of carboxylic acids is 1. The zero-order valence-corrected chi connectivity index (χ0v) is 15.2. The largest absolute Gasteiger partial charge is 1.00 e. The average Bonchev–Trinajstić information content (AvgIpc) is 2.35. The molecule has 20 heavy (non-hydrogen) atoms. The maximum atomic E-state index is 11.7. The number of aliphatic carboxylic acids is 1. The Morgan fingerprint density at radius 3 is 2.45 bits per heavy atom. The number of urea groups is 1. The predicted octanol–water partition coefficient (Wildman–Crippen LogP) is -2.40. The Hall–Kier alpha value is -0.604. The molecule has 0 aliphatic heterocycles. The first-order chi connectivity index (χ1) is 8.93. The molecular formula is C13H17KN2O4. The number of rotatable bonds is 5. The van der Waals surface area contributed by atoms with Gasteiger partial charge in [0.1, 0.15) is 5.75 Å². The van der Waals surface area contributed by atoms with Gasteiger partial charge in [0.05, 0.1) is 19.1 Å². The van der Waals surface area contributed by atoms with E-state index in [0.717, 1.165) is 0 Å². The van der Waals surface area contributed by atoms with Crippen LogP contribution in [0.3, 0.4) is 0 Å². The molecule has 0 fully saturated rings. The van der Waals surface area contributed by atoms with E-state index < -0.39 is 18.0 Å². The van der Waals surface area contributed by atoms with Crippen LogP contribution in [0.15, 0.2) is 24.3 Å². The van der Waals surface area contributed by atoms with Crippen molar-refractivity contribution in [3.05, 3.63) is 24.3 Å². The molecule has 0 saturated carbocycles. The van der Waals surface area contributed by atoms with Crippen LogP contribution in [0.25, 0.3) is 0 Å². The number of methoxy groups -OCH3 is 1. The minimum absolute atomic E-state index is 0. The van der Waals surface area contributed by atoms with Crippen molar-refractivity contribution in [1.82, 2.24) is 5.32 Å². The molecule has 0 spiro atoms. The van der Waals surface area contributed by atoms with Crippen molar-refractivity contribution in [2.45, 2.75) is 19.9 Å². The zero-order chi connectivity index (χ0) is 14.4. The number of carboxylic acid groups (broad SMARTS) is 1. The fraction of sp³-hybridized carbons (Fsp3) is 0.385. The summed E-state index contributed by atoms with van der Waals surface area (Å²) < 4.78 is 5.02. The van der Waals surface area contributed by atoms with Crippen molar-refractivity contribution < 1.29 is 70.8 Å². The first kappa shape index (κ1) is 19.4. The van der Waals surface area contributed by atoms with Gasteiger partial charge in [-0.1, -0.05) is 19.9 Å². The third-order valence-corrected chi connectivity index (χ3v) is 2.53. The van der Waals surface area contributed by atoms with Crippen molar-refractivity contribution >= 4 is 17.7 Å². The van der Waals surface area contributed by atoms with Gasteiger partial charge in [-0.15, -0.1) is 0 Å². The van der Waals surface area contributed by atoms with E-state index in [1.807, 2.05) is 0 Å². The van der Waals surface area contributed by atoms with E-state index >= 15 is 0 Å². The van der Waals surface area contributed by atoms with Crippen LogP contribution in [0.1, 0.15) is 13.8 Å². The number of ether oxygens (including phenoxy) is 1. The van der Waals surface area contributed by atoms with Gasteiger partial charge >= 0.3 is 57.4 Å². The third-order valence-electron chi connectivity index (χ3n) is 2.53. The second-order valence-corrected chi connectivity index (χ2v) is 4.37. The van der Waals surface area contributed by atoms with Gasteiger partial charge in [0.2, 0.25) is 0 Å². The molecule has 6 nitrogen and oxygen atoms in total. The summed E-state index contributed by atoms with van der Waals surface area (Å²) in [5, 5.41) is 15.7. The molecule has 1 unspecified atom stereocenters. The molecule has 0 aliphatic carbocycles. The summed E-state index contributed by atoms with van der Waals surface area (Å²) >= 11 is 0. The van der Waals surface area contributed by atoms with E-state index in [1.54, 1.807) is 38.1 Å². The molecule has 0 saturated heterocycles. The van der Waals surface area contributed by atoms with Crippen molar-refractivity contribution in [1.29, 1.82) is 0 Å². The predicted molar refractivity (Wildman–Crippen MR) is 68.8 cm³/mol. The molecule has 0 aromatic heterocycles. The minimum atomic E-state index is -1.31. The van der Waals surface area contributed by atoms with Gasteiger partial charge in [-0.2, -0.15) is 0 Å². The Labute approximate surface area is 160 Å². The van der Waals surface area contributed by atoms with E-state index in [9.17, 15) is 14.7 Å². The summed E-state index contributed by atoms with van der Waals surface area (Å²) in [4.78, 5) is 22.5. The van der Waals surface area contributed by atoms with Crippen LogP contribution in [-0.4, -0.2) is 25.2 Å². The average molecular weight is 304 g/mol. The van der Waals surface area contributed by atoms with Gasteiger partial charge in [-0.05, 0) is 18.1 Å². The summed E-state index contributed by atoms with van der Waals surface area (Å²) in [5.41, 5.74) is 0.512. The van der Waals surface area contributed by atoms with E-state index in [4.69, 9.17) is 4.74 Å². The van der Waals surface area contributed by atoms with E-state index in [2.05, 4.69) is 10.6 Å². The van der Waals surface area contributed by atoms with Gasteiger partial charge in [0.25, 0.3) is 0 Å². The Morgan fingerprint density at radius 2 is 1.95 bits per heavy atom. The summed E-state index contributed by atoms with van der Waals surface area (Å²) in [5.74, 6) is -0.977. The monoisotopic (exact) mass is 304 g/mol. The van der Waals surface area contributed by atoms with Crippen LogP contribution in [0.5, 0.6) is 5.75 Å². The van der Waals surface area contributed by atoms with Gasteiger partial charge in [-0.3, -0.25) is 0 Å². The SMILES string of the molecule is COc1cccc(NC(=O)NC(C(=O)[O-])C(C)C)c1.[K+]. The molecule has 104 valence electrons. The molecule has 0 bridgehead atoms. The molecule has 2 amide bonds. The van der Waals surface area contributed by atoms with Crippen LogP contribution in [-0.2, 0) is 4.79 Å². The topological polar surface area (TPSA) is 90.5 Å². The minimum Gasteiger partial charge on any atom is -0.548 e. The molecule has 7 heteroatoms. The summed E-state index contributed by atoms with van der Waals surface area (Å²) in [7, 11) is 1.52. The van der Waals surface area contributed by atoms with Crippen molar-refractivity contribution in [2.24, 2.45) is 5.92 Å². The van der Waals surface area contributed by atoms with E-state index in [-0.39, 0.29) is 57.3 Å². The van der Waals surface area contributed by atoms with Crippen LogP contribution in [0.2, 0.25) is 0 Å². The molecule has 0 radical (unpaired) electrons. The van der Waals surface area contributed by atoms with Crippen LogP contribution >= 0.6 is 0 Å². The Balaban J connectivity index is 0.00000361. The number of carbonyl (C=O) groups is 2. The maximum absolute atomic E-state index is 11.7. The summed E-state index contributed by atoms with van der Waals surface area (Å²) in [6, 6.07) is 5.12. The first-order valence-corrected chi connectivity index (χ1v) is 5.86. The second kappa shape index (κ2) is 9.35. The number of hydrogen-bond acceptors (Lipinski definition) is 4. The summed E-state index contributed by atoms with van der Waals surface area (Å²) in [6.07, 6.45) is 0. The van der Waals surface area contributed by atoms with Crippen molar-refractivity contribution in [3.63, 3.8) is 0 Å². The fourth-order valence-electron chi connectivity index (χ4n) is 1.51. The van der Waals surface area contributed by atoms with Gasteiger partial charge in [0, 0.05) is 11.8 Å². The molecule has 1 aromatic rings. The van der Waals surface area contributed by atoms with Crippen molar-refractivity contribution in [2.75, 3.05) is 12.4 Å². The Bertz CT molecular complexity index is 465. The van der Waals surface area contributed by atoms with Gasteiger partial charge in [0.15, 0.2) is 0 Å². The number of amides is 2. The number of carbonyl (C=O) groups excluding carboxylic acids is 2. The van der Waals surface area contributed by atoms with E-state index in [1.165, 1.54) is 7.11 Å². The molecule has 0 heterocycles. The third kappa shape index (κ3) is 6.23. The number of anilines is 1. The number of nitrogens with one attached hydrogen (secondary N) is 2. The van der Waals surface area contributed by atoms with Crippen LogP contribution < -0.4 is 71.9 Å². The van der Waals surface area contributed by atoms with E-state index in [0.29, 0.717) is 11.4 Å². The van der Waals surface area contributed by atoms with Gasteiger partial charge < -0.3 is 25.3 Å².